The van der Waals surface area contributed by atoms with Gasteiger partial charge >= 0.3 is 12.4 Å². The Balaban J connectivity index is 3.00. The molecule has 0 atom stereocenters. The number of pyridine rings is 1. The van der Waals surface area contributed by atoms with Gasteiger partial charge in [-0.1, -0.05) is 6.07 Å². The van der Waals surface area contributed by atoms with Gasteiger partial charge in [-0.2, -0.15) is 26.3 Å². The molecule has 3 nitrogen and oxygen atoms in total. The third-order valence-electron chi connectivity index (χ3n) is 1.82. The standard InChI is InChI=1S/C9H8F6N2O/c10-8(11,12)4-18-7-5(3-16)1-2-6(17-7)9(13,14)15/h1-2H,3-4,16H2. The molecule has 0 aliphatic rings. The van der Waals surface area contributed by atoms with E-state index in [4.69, 9.17) is 5.73 Å². The second kappa shape index (κ2) is 5.01. The van der Waals surface area contributed by atoms with E-state index in [1.54, 1.807) is 0 Å². The van der Waals surface area contributed by atoms with Gasteiger partial charge in [-0.15, -0.1) is 0 Å². The van der Waals surface area contributed by atoms with Gasteiger partial charge in [0.2, 0.25) is 5.88 Å². The van der Waals surface area contributed by atoms with Crippen LogP contribution in [0.5, 0.6) is 5.88 Å². The predicted octanol–water partition coefficient (Wildman–Crippen LogP) is 2.50. The fraction of sp³-hybridized carbons (Fsp3) is 0.444. The number of rotatable bonds is 3. The van der Waals surface area contributed by atoms with Crippen LogP contribution >= 0.6 is 0 Å². The lowest BCUT2D eigenvalue weighted by Gasteiger charge is -2.13. The zero-order valence-electron chi connectivity index (χ0n) is 8.77. The van der Waals surface area contributed by atoms with Gasteiger partial charge in [-0.25, -0.2) is 4.98 Å². The van der Waals surface area contributed by atoms with Crippen LogP contribution in [0.2, 0.25) is 0 Å². The summed E-state index contributed by atoms with van der Waals surface area (Å²) >= 11 is 0. The van der Waals surface area contributed by atoms with Crippen LogP contribution in [-0.2, 0) is 12.7 Å². The average molecular weight is 274 g/mol. The Morgan fingerprint density at radius 1 is 1.11 bits per heavy atom. The molecule has 0 fully saturated rings. The molecule has 1 aromatic heterocycles. The van der Waals surface area contributed by atoms with Crippen LogP contribution in [0, 0.1) is 0 Å². The van der Waals surface area contributed by atoms with Crippen molar-refractivity contribution in [1.82, 2.24) is 4.98 Å². The summed E-state index contributed by atoms with van der Waals surface area (Å²) in [6.45, 7) is -2.01. The van der Waals surface area contributed by atoms with Crippen molar-refractivity contribution in [3.05, 3.63) is 23.4 Å². The van der Waals surface area contributed by atoms with Crippen molar-refractivity contribution in [2.45, 2.75) is 18.9 Å². The SMILES string of the molecule is NCc1ccc(C(F)(F)F)nc1OCC(F)(F)F. The molecule has 1 aromatic rings. The second-order valence-corrected chi connectivity index (χ2v) is 3.27. The first kappa shape index (κ1) is 14.6. The summed E-state index contributed by atoms with van der Waals surface area (Å²) in [5.74, 6) is -0.760. The molecule has 0 aliphatic heterocycles. The maximum atomic E-state index is 12.3. The van der Waals surface area contributed by atoms with Gasteiger partial charge in [0.1, 0.15) is 5.69 Å². The topological polar surface area (TPSA) is 48.1 Å². The van der Waals surface area contributed by atoms with E-state index in [1.165, 1.54) is 0 Å². The number of alkyl halides is 6. The summed E-state index contributed by atoms with van der Waals surface area (Å²) in [4.78, 5) is 2.99. The second-order valence-electron chi connectivity index (χ2n) is 3.27. The minimum Gasteiger partial charge on any atom is -0.468 e. The van der Waals surface area contributed by atoms with Crippen LogP contribution in [0.25, 0.3) is 0 Å². The van der Waals surface area contributed by atoms with E-state index < -0.39 is 30.5 Å². The molecular weight excluding hydrogens is 266 g/mol. The van der Waals surface area contributed by atoms with Crippen molar-refractivity contribution in [2.24, 2.45) is 5.73 Å². The van der Waals surface area contributed by atoms with Gasteiger partial charge < -0.3 is 10.5 Å². The number of hydrogen-bond donors (Lipinski definition) is 1. The Morgan fingerprint density at radius 3 is 2.17 bits per heavy atom. The van der Waals surface area contributed by atoms with Gasteiger partial charge in [0.25, 0.3) is 0 Å². The third-order valence-corrected chi connectivity index (χ3v) is 1.82. The zero-order valence-corrected chi connectivity index (χ0v) is 8.77. The molecule has 0 aliphatic carbocycles. The summed E-state index contributed by atoms with van der Waals surface area (Å²) in [6, 6.07) is 1.56. The molecule has 0 unspecified atom stereocenters. The molecule has 0 spiro atoms. The van der Waals surface area contributed by atoms with Crippen LogP contribution in [0.1, 0.15) is 11.3 Å². The van der Waals surface area contributed by atoms with Crippen molar-refractivity contribution in [3.8, 4) is 5.88 Å². The Hall–Kier alpha value is -1.51. The number of nitrogens with zero attached hydrogens (tertiary/aromatic N) is 1. The molecule has 0 amide bonds. The summed E-state index contributed by atoms with van der Waals surface area (Å²) in [5, 5.41) is 0. The molecule has 0 saturated carbocycles. The van der Waals surface area contributed by atoms with E-state index in [0.717, 1.165) is 6.07 Å². The van der Waals surface area contributed by atoms with Crippen LogP contribution < -0.4 is 10.5 Å². The number of ether oxygens (including phenoxy) is 1. The van der Waals surface area contributed by atoms with Crippen LogP contribution in [0.4, 0.5) is 26.3 Å². The minimum atomic E-state index is -4.76. The Morgan fingerprint density at radius 2 is 1.72 bits per heavy atom. The fourth-order valence-corrected chi connectivity index (χ4v) is 1.06. The molecule has 102 valence electrons. The van der Waals surface area contributed by atoms with Crippen molar-refractivity contribution < 1.29 is 31.1 Å². The molecule has 0 aromatic carbocycles. The monoisotopic (exact) mass is 274 g/mol. The molecule has 18 heavy (non-hydrogen) atoms. The molecule has 9 heteroatoms. The number of halogens is 6. The Bertz CT molecular complexity index is 414. The number of hydrogen-bond acceptors (Lipinski definition) is 3. The Labute approximate surface area is 97.6 Å². The number of nitrogens with two attached hydrogens (primary N) is 1. The largest absolute Gasteiger partial charge is 0.468 e. The smallest absolute Gasteiger partial charge is 0.433 e. The highest BCUT2D eigenvalue weighted by molar-refractivity contribution is 5.29. The molecule has 0 saturated heterocycles. The first-order valence-corrected chi connectivity index (χ1v) is 4.60. The van der Waals surface area contributed by atoms with Crippen molar-refractivity contribution >= 4 is 0 Å². The van der Waals surface area contributed by atoms with E-state index in [-0.39, 0.29) is 12.1 Å². The zero-order chi connectivity index (χ0) is 14.0. The maximum absolute atomic E-state index is 12.3. The lowest BCUT2D eigenvalue weighted by Crippen LogP contribution is -2.21. The maximum Gasteiger partial charge on any atom is 0.433 e. The van der Waals surface area contributed by atoms with Crippen molar-refractivity contribution in [2.75, 3.05) is 6.61 Å². The van der Waals surface area contributed by atoms with Crippen LogP contribution in [0.3, 0.4) is 0 Å². The summed E-state index contributed by atoms with van der Waals surface area (Å²) in [6.07, 6.45) is -9.43. The normalized spacial score (nSPS) is 12.6. The quantitative estimate of drug-likeness (QED) is 0.861. The van der Waals surface area contributed by atoms with Crippen molar-refractivity contribution in [3.63, 3.8) is 0 Å². The summed E-state index contributed by atoms with van der Waals surface area (Å²) in [5.41, 5.74) is 3.80. The van der Waals surface area contributed by atoms with Gasteiger partial charge in [0.05, 0.1) is 0 Å². The van der Waals surface area contributed by atoms with E-state index in [2.05, 4.69) is 9.72 Å². The third kappa shape index (κ3) is 4.06. The predicted molar refractivity (Wildman–Crippen MR) is 48.7 cm³/mol. The molecule has 1 heterocycles. The molecule has 0 radical (unpaired) electrons. The first-order chi connectivity index (χ1) is 8.13. The summed E-state index contributed by atoms with van der Waals surface area (Å²) in [7, 11) is 0. The van der Waals surface area contributed by atoms with E-state index in [9.17, 15) is 26.3 Å². The van der Waals surface area contributed by atoms with Gasteiger partial charge in [-0.05, 0) is 6.07 Å². The first-order valence-electron chi connectivity index (χ1n) is 4.60. The molecule has 2 N–H and O–H groups in total. The molecule has 1 rings (SSSR count). The molecular formula is C9H8F6N2O. The highest BCUT2D eigenvalue weighted by Gasteiger charge is 2.34. The van der Waals surface area contributed by atoms with E-state index >= 15 is 0 Å². The van der Waals surface area contributed by atoms with Gasteiger partial charge in [0.15, 0.2) is 6.61 Å². The highest BCUT2D eigenvalue weighted by atomic mass is 19.4. The van der Waals surface area contributed by atoms with E-state index in [1.807, 2.05) is 0 Å². The lowest BCUT2D eigenvalue weighted by molar-refractivity contribution is -0.155. The van der Waals surface area contributed by atoms with Gasteiger partial charge in [-0.3, -0.25) is 0 Å². The average Bonchev–Trinajstić information content (AvgIpc) is 2.23. The van der Waals surface area contributed by atoms with Crippen LogP contribution in [-0.4, -0.2) is 17.8 Å². The summed E-state index contributed by atoms with van der Waals surface area (Å²) < 4.78 is 76.8. The van der Waals surface area contributed by atoms with Crippen molar-refractivity contribution in [1.29, 1.82) is 0 Å². The molecule has 0 bridgehead atoms. The highest BCUT2D eigenvalue weighted by Crippen LogP contribution is 2.30. The van der Waals surface area contributed by atoms with Crippen LogP contribution in [0.15, 0.2) is 12.1 Å². The number of aromatic nitrogens is 1. The Kier molecular flexibility index (Phi) is 4.05. The van der Waals surface area contributed by atoms with Gasteiger partial charge in [0, 0.05) is 12.1 Å². The fourth-order valence-electron chi connectivity index (χ4n) is 1.06. The lowest BCUT2D eigenvalue weighted by atomic mass is 10.2. The minimum absolute atomic E-state index is 0.0350. The van der Waals surface area contributed by atoms with E-state index in [0.29, 0.717) is 6.07 Å².